The van der Waals surface area contributed by atoms with Gasteiger partial charge in [-0.3, -0.25) is 4.72 Å². The molecule has 2 rings (SSSR count). The van der Waals surface area contributed by atoms with E-state index in [0.717, 1.165) is 17.4 Å². The molecule has 1 heterocycles. The highest BCUT2D eigenvalue weighted by Crippen LogP contribution is 2.24. The Kier molecular flexibility index (Phi) is 3.42. The van der Waals surface area contributed by atoms with Gasteiger partial charge in [0.2, 0.25) is 0 Å². The quantitative estimate of drug-likeness (QED) is 0.848. The number of hydrogen-bond donors (Lipinski definition) is 2. The van der Waals surface area contributed by atoms with Crippen molar-refractivity contribution in [1.82, 2.24) is 0 Å². The number of nitrogen functional groups attached to an aromatic ring is 1. The van der Waals surface area contributed by atoms with Crippen molar-refractivity contribution in [1.29, 1.82) is 5.26 Å². The first kappa shape index (κ1) is 13.3. The van der Waals surface area contributed by atoms with Crippen LogP contribution in [-0.2, 0) is 10.0 Å². The van der Waals surface area contributed by atoms with Crippen LogP contribution in [0.3, 0.4) is 0 Å². The van der Waals surface area contributed by atoms with E-state index in [1.165, 1.54) is 24.3 Å². The lowest BCUT2D eigenvalue weighted by Crippen LogP contribution is -2.11. The van der Waals surface area contributed by atoms with Gasteiger partial charge in [0, 0.05) is 0 Å². The molecule has 8 heteroatoms. The standard InChI is InChI=1S/C11H8FN3O2S2/c12-9-3-1-7(5-10(9)14)15-19(16,17)11-4-2-8(6-13)18-11/h1-5,15H,14H2. The topological polar surface area (TPSA) is 96.0 Å². The van der Waals surface area contributed by atoms with Gasteiger partial charge in [0.25, 0.3) is 10.0 Å². The molecular weight excluding hydrogens is 289 g/mol. The summed E-state index contributed by atoms with van der Waals surface area (Å²) in [6, 6.07) is 8.13. The van der Waals surface area contributed by atoms with Crippen LogP contribution in [-0.4, -0.2) is 8.42 Å². The first-order valence-electron chi connectivity index (χ1n) is 5.00. The second-order valence-corrected chi connectivity index (χ2v) is 6.57. The molecule has 1 aromatic heterocycles. The van der Waals surface area contributed by atoms with Crippen molar-refractivity contribution in [2.75, 3.05) is 10.5 Å². The first-order chi connectivity index (χ1) is 8.92. The number of anilines is 2. The van der Waals surface area contributed by atoms with Gasteiger partial charge < -0.3 is 5.73 Å². The number of thiophene rings is 1. The van der Waals surface area contributed by atoms with E-state index in [-0.39, 0.29) is 15.6 Å². The Labute approximate surface area is 113 Å². The minimum absolute atomic E-state index is 0.00643. The minimum Gasteiger partial charge on any atom is -0.396 e. The van der Waals surface area contributed by atoms with Crippen molar-refractivity contribution in [2.45, 2.75) is 4.21 Å². The van der Waals surface area contributed by atoms with Crippen LogP contribution in [0.4, 0.5) is 15.8 Å². The third-order valence-corrected chi connectivity index (χ3v) is 5.07. The Bertz CT molecular complexity index is 762. The molecule has 0 unspecified atom stereocenters. The second-order valence-electron chi connectivity index (χ2n) is 3.57. The molecule has 0 aliphatic carbocycles. The van der Waals surface area contributed by atoms with Gasteiger partial charge in [0.15, 0.2) is 0 Å². The molecule has 1 aromatic carbocycles. The third kappa shape index (κ3) is 2.83. The van der Waals surface area contributed by atoms with Crippen LogP contribution in [0.2, 0.25) is 0 Å². The highest BCUT2D eigenvalue weighted by molar-refractivity contribution is 7.94. The number of sulfonamides is 1. The first-order valence-corrected chi connectivity index (χ1v) is 7.30. The maximum absolute atomic E-state index is 13.0. The largest absolute Gasteiger partial charge is 0.396 e. The van der Waals surface area contributed by atoms with E-state index < -0.39 is 15.8 Å². The number of rotatable bonds is 3. The third-order valence-electron chi connectivity index (χ3n) is 2.20. The summed E-state index contributed by atoms with van der Waals surface area (Å²) in [5.74, 6) is -0.620. The zero-order valence-corrected chi connectivity index (χ0v) is 11.1. The summed E-state index contributed by atoms with van der Waals surface area (Å²) in [7, 11) is -3.79. The number of nitrogens with zero attached hydrogens (tertiary/aromatic N) is 1. The normalized spacial score (nSPS) is 10.9. The Morgan fingerprint density at radius 1 is 1.32 bits per heavy atom. The predicted molar refractivity (Wildman–Crippen MR) is 70.7 cm³/mol. The van der Waals surface area contributed by atoms with E-state index >= 15 is 0 Å². The molecule has 2 aromatic rings. The van der Waals surface area contributed by atoms with Gasteiger partial charge in [-0.25, -0.2) is 12.8 Å². The van der Waals surface area contributed by atoms with Gasteiger partial charge >= 0.3 is 0 Å². The smallest absolute Gasteiger partial charge is 0.271 e. The summed E-state index contributed by atoms with van der Waals surface area (Å²) < 4.78 is 39.2. The van der Waals surface area contributed by atoms with Crippen molar-refractivity contribution in [3.63, 3.8) is 0 Å². The zero-order valence-electron chi connectivity index (χ0n) is 9.42. The van der Waals surface area contributed by atoms with Gasteiger partial charge in [-0.1, -0.05) is 0 Å². The number of nitriles is 1. The van der Waals surface area contributed by atoms with Crippen molar-refractivity contribution < 1.29 is 12.8 Å². The minimum atomic E-state index is -3.79. The van der Waals surface area contributed by atoms with Crippen LogP contribution in [0.25, 0.3) is 0 Å². The van der Waals surface area contributed by atoms with E-state index in [0.29, 0.717) is 4.88 Å². The highest BCUT2D eigenvalue weighted by atomic mass is 32.2. The second kappa shape index (κ2) is 4.87. The van der Waals surface area contributed by atoms with Crippen molar-refractivity contribution in [2.24, 2.45) is 0 Å². The van der Waals surface area contributed by atoms with Gasteiger partial charge in [0.05, 0.1) is 11.4 Å². The van der Waals surface area contributed by atoms with Gasteiger partial charge in [-0.2, -0.15) is 5.26 Å². The Hall–Kier alpha value is -2.11. The summed E-state index contributed by atoms with van der Waals surface area (Å²) >= 11 is 0.850. The average Bonchev–Trinajstić information content (AvgIpc) is 2.83. The summed E-state index contributed by atoms with van der Waals surface area (Å²) in [5, 5.41) is 8.66. The molecule has 98 valence electrons. The number of hydrogen-bond acceptors (Lipinski definition) is 5. The molecule has 5 nitrogen and oxygen atoms in total. The number of benzene rings is 1. The van der Waals surface area contributed by atoms with E-state index in [1.807, 2.05) is 6.07 Å². The molecule has 0 bridgehead atoms. The summed E-state index contributed by atoms with van der Waals surface area (Å²) in [5.41, 5.74) is 5.36. The van der Waals surface area contributed by atoms with Crippen molar-refractivity contribution in [3.8, 4) is 6.07 Å². The lowest BCUT2D eigenvalue weighted by Gasteiger charge is -2.07. The van der Waals surface area contributed by atoms with E-state index in [9.17, 15) is 12.8 Å². The predicted octanol–water partition coefficient (Wildman–Crippen LogP) is 2.14. The summed E-state index contributed by atoms with van der Waals surface area (Å²) in [6.45, 7) is 0. The van der Waals surface area contributed by atoms with Crippen molar-refractivity contribution in [3.05, 3.63) is 41.0 Å². The number of nitrogens with two attached hydrogens (primary N) is 1. The van der Waals surface area contributed by atoms with Crippen LogP contribution in [0.15, 0.2) is 34.5 Å². The zero-order chi connectivity index (χ0) is 14.0. The molecule has 0 saturated heterocycles. The van der Waals surface area contributed by atoms with E-state index in [1.54, 1.807) is 0 Å². The molecular formula is C11H8FN3O2S2. The van der Waals surface area contributed by atoms with Crippen LogP contribution in [0.5, 0.6) is 0 Å². The molecule has 0 atom stereocenters. The van der Waals surface area contributed by atoms with Gasteiger partial charge in [-0.15, -0.1) is 11.3 Å². The number of halogens is 1. The molecule has 0 radical (unpaired) electrons. The molecule has 0 fully saturated rings. The molecule has 0 aliphatic heterocycles. The van der Waals surface area contributed by atoms with Crippen LogP contribution in [0.1, 0.15) is 4.88 Å². The lowest BCUT2D eigenvalue weighted by molar-refractivity contribution is 0.603. The summed E-state index contributed by atoms with van der Waals surface area (Å²) in [4.78, 5) is 0.291. The molecule has 3 N–H and O–H groups in total. The molecule has 0 saturated carbocycles. The fourth-order valence-electron chi connectivity index (χ4n) is 1.34. The van der Waals surface area contributed by atoms with Gasteiger partial charge in [-0.05, 0) is 30.3 Å². The Morgan fingerprint density at radius 3 is 2.63 bits per heavy atom. The monoisotopic (exact) mass is 297 g/mol. The van der Waals surface area contributed by atoms with Crippen LogP contribution >= 0.6 is 11.3 Å². The van der Waals surface area contributed by atoms with E-state index in [2.05, 4.69) is 4.72 Å². The fraction of sp³-hybridized carbons (Fsp3) is 0. The molecule has 0 spiro atoms. The summed E-state index contributed by atoms with van der Waals surface area (Å²) in [6.07, 6.45) is 0. The van der Waals surface area contributed by atoms with Crippen LogP contribution < -0.4 is 10.5 Å². The molecule has 0 aliphatic rings. The molecule has 0 amide bonds. The Balaban J connectivity index is 2.31. The van der Waals surface area contributed by atoms with Crippen LogP contribution in [0, 0.1) is 17.1 Å². The van der Waals surface area contributed by atoms with Gasteiger partial charge in [0.1, 0.15) is 21.0 Å². The van der Waals surface area contributed by atoms with Crippen molar-refractivity contribution >= 4 is 32.7 Å². The highest BCUT2D eigenvalue weighted by Gasteiger charge is 2.17. The maximum Gasteiger partial charge on any atom is 0.271 e. The molecule has 19 heavy (non-hydrogen) atoms. The van der Waals surface area contributed by atoms with E-state index in [4.69, 9.17) is 11.0 Å². The average molecular weight is 297 g/mol. The Morgan fingerprint density at radius 2 is 2.05 bits per heavy atom. The lowest BCUT2D eigenvalue weighted by atomic mass is 10.3. The number of nitrogens with one attached hydrogen (secondary N) is 1. The maximum atomic E-state index is 13.0. The fourth-order valence-corrected chi connectivity index (χ4v) is 3.49. The SMILES string of the molecule is N#Cc1ccc(S(=O)(=O)Nc2ccc(F)c(N)c2)s1.